The molecule has 5 heteroatoms. The van der Waals surface area contributed by atoms with Crippen LogP contribution in [0.1, 0.15) is 32.1 Å². The molecule has 0 aromatic heterocycles. The van der Waals surface area contributed by atoms with Crippen LogP contribution < -0.4 is 11.1 Å². The Labute approximate surface area is 102 Å². The number of nitrogens with two attached hydrogens (primary N) is 1. The molecular formula is C12H21N3O2. The van der Waals surface area contributed by atoms with Gasteiger partial charge in [0.05, 0.1) is 6.54 Å². The van der Waals surface area contributed by atoms with Gasteiger partial charge in [0.25, 0.3) is 0 Å². The molecule has 0 bridgehead atoms. The molecule has 2 amide bonds. The first-order valence-corrected chi connectivity index (χ1v) is 6.45. The second kappa shape index (κ2) is 5.49. The number of nitrogens with one attached hydrogen (secondary N) is 1. The van der Waals surface area contributed by atoms with E-state index in [4.69, 9.17) is 5.73 Å². The van der Waals surface area contributed by atoms with Crippen molar-refractivity contribution >= 4 is 11.8 Å². The SMILES string of the molecule is NC1CCCC(CC(=O)N2CCNC(=O)C2)C1. The van der Waals surface area contributed by atoms with Crippen molar-refractivity contribution in [2.75, 3.05) is 19.6 Å². The Morgan fingerprint density at radius 1 is 1.47 bits per heavy atom. The number of nitrogens with zero attached hydrogens (tertiary/aromatic N) is 1. The Morgan fingerprint density at radius 3 is 3.00 bits per heavy atom. The maximum Gasteiger partial charge on any atom is 0.239 e. The monoisotopic (exact) mass is 239 g/mol. The molecule has 1 heterocycles. The predicted octanol–water partition coefficient (Wildman–Crippen LogP) is -0.148. The van der Waals surface area contributed by atoms with Gasteiger partial charge in [0.2, 0.25) is 11.8 Å². The third-order valence-electron chi connectivity index (χ3n) is 3.68. The molecule has 1 saturated heterocycles. The average molecular weight is 239 g/mol. The number of carbonyl (C=O) groups is 2. The molecule has 0 spiro atoms. The first kappa shape index (κ1) is 12.4. The van der Waals surface area contributed by atoms with Crippen LogP contribution in [-0.2, 0) is 9.59 Å². The predicted molar refractivity (Wildman–Crippen MR) is 64.1 cm³/mol. The van der Waals surface area contributed by atoms with Gasteiger partial charge < -0.3 is 16.0 Å². The minimum atomic E-state index is -0.0510. The van der Waals surface area contributed by atoms with E-state index in [0.717, 1.165) is 25.7 Å². The van der Waals surface area contributed by atoms with Crippen molar-refractivity contribution in [2.45, 2.75) is 38.1 Å². The van der Waals surface area contributed by atoms with Gasteiger partial charge in [-0.15, -0.1) is 0 Å². The van der Waals surface area contributed by atoms with Crippen LogP contribution in [0, 0.1) is 5.92 Å². The van der Waals surface area contributed by atoms with E-state index < -0.39 is 0 Å². The summed E-state index contributed by atoms with van der Waals surface area (Å²) < 4.78 is 0. The summed E-state index contributed by atoms with van der Waals surface area (Å²) in [4.78, 5) is 24.9. The largest absolute Gasteiger partial charge is 0.353 e. The zero-order valence-corrected chi connectivity index (χ0v) is 10.2. The molecule has 1 aliphatic carbocycles. The number of hydrogen-bond donors (Lipinski definition) is 2. The Morgan fingerprint density at radius 2 is 2.29 bits per heavy atom. The third-order valence-corrected chi connectivity index (χ3v) is 3.68. The summed E-state index contributed by atoms with van der Waals surface area (Å²) in [5, 5.41) is 2.72. The standard InChI is InChI=1S/C12H21N3O2/c13-10-3-1-2-9(6-10)7-12(17)15-5-4-14-11(16)8-15/h9-10H,1-8,13H2,(H,14,16). The molecule has 2 rings (SSSR count). The van der Waals surface area contributed by atoms with Gasteiger partial charge in [-0.25, -0.2) is 0 Å². The van der Waals surface area contributed by atoms with Gasteiger partial charge in [0, 0.05) is 25.6 Å². The fraction of sp³-hybridized carbons (Fsp3) is 0.833. The molecule has 1 saturated carbocycles. The molecule has 2 fully saturated rings. The third kappa shape index (κ3) is 3.43. The van der Waals surface area contributed by atoms with E-state index in [1.165, 1.54) is 0 Å². The first-order valence-electron chi connectivity index (χ1n) is 6.45. The molecule has 5 nitrogen and oxygen atoms in total. The van der Waals surface area contributed by atoms with E-state index in [1.807, 2.05) is 0 Å². The summed E-state index contributed by atoms with van der Waals surface area (Å²) in [5.41, 5.74) is 5.91. The van der Waals surface area contributed by atoms with Crippen molar-refractivity contribution in [3.63, 3.8) is 0 Å². The summed E-state index contributed by atoms with van der Waals surface area (Å²) >= 11 is 0. The highest BCUT2D eigenvalue weighted by molar-refractivity contribution is 5.85. The lowest BCUT2D eigenvalue weighted by Gasteiger charge is -2.30. The van der Waals surface area contributed by atoms with Crippen LogP contribution in [0.2, 0.25) is 0 Å². The molecule has 17 heavy (non-hydrogen) atoms. The summed E-state index contributed by atoms with van der Waals surface area (Å²) in [5.74, 6) is 0.472. The lowest BCUT2D eigenvalue weighted by molar-refractivity contribution is -0.139. The summed E-state index contributed by atoms with van der Waals surface area (Å²) in [6, 6.07) is 0.256. The molecule has 2 atom stereocenters. The van der Waals surface area contributed by atoms with E-state index in [2.05, 4.69) is 5.32 Å². The highest BCUT2D eigenvalue weighted by Crippen LogP contribution is 2.26. The van der Waals surface area contributed by atoms with Crippen molar-refractivity contribution < 1.29 is 9.59 Å². The molecule has 3 N–H and O–H groups in total. The summed E-state index contributed by atoms with van der Waals surface area (Å²) in [7, 11) is 0. The van der Waals surface area contributed by atoms with Gasteiger partial charge in [-0.2, -0.15) is 0 Å². The molecule has 2 unspecified atom stereocenters. The first-order chi connectivity index (χ1) is 8.15. The van der Waals surface area contributed by atoms with Gasteiger partial charge in [0.15, 0.2) is 0 Å². The van der Waals surface area contributed by atoms with E-state index >= 15 is 0 Å². The zero-order valence-electron chi connectivity index (χ0n) is 10.2. The number of rotatable bonds is 2. The Balaban J connectivity index is 1.81. The van der Waals surface area contributed by atoms with Crippen LogP contribution in [0.5, 0.6) is 0 Å². The van der Waals surface area contributed by atoms with E-state index in [0.29, 0.717) is 25.4 Å². The average Bonchev–Trinajstić information content (AvgIpc) is 2.29. The van der Waals surface area contributed by atoms with Gasteiger partial charge in [-0.3, -0.25) is 9.59 Å². The number of piperazine rings is 1. The quantitative estimate of drug-likeness (QED) is 0.704. The Hall–Kier alpha value is -1.10. The highest BCUT2D eigenvalue weighted by atomic mass is 16.2. The number of amides is 2. The van der Waals surface area contributed by atoms with E-state index in [1.54, 1.807) is 4.90 Å². The topological polar surface area (TPSA) is 75.4 Å². The minimum Gasteiger partial charge on any atom is -0.353 e. The summed E-state index contributed by atoms with van der Waals surface area (Å²) in [6.45, 7) is 1.44. The molecule has 96 valence electrons. The van der Waals surface area contributed by atoms with E-state index in [9.17, 15) is 9.59 Å². The van der Waals surface area contributed by atoms with Gasteiger partial charge in [-0.05, 0) is 25.2 Å². The maximum absolute atomic E-state index is 12.0. The minimum absolute atomic E-state index is 0.0510. The molecule has 1 aliphatic heterocycles. The Bertz CT molecular complexity index is 306. The zero-order chi connectivity index (χ0) is 12.3. The molecule has 0 aromatic carbocycles. The number of carbonyl (C=O) groups excluding carboxylic acids is 2. The normalized spacial score (nSPS) is 29.9. The van der Waals surface area contributed by atoms with Gasteiger partial charge in [-0.1, -0.05) is 6.42 Å². The van der Waals surface area contributed by atoms with Crippen LogP contribution in [0.4, 0.5) is 0 Å². The van der Waals surface area contributed by atoms with E-state index in [-0.39, 0.29) is 24.4 Å². The molecule has 0 aromatic rings. The fourth-order valence-electron chi connectivity index (χ4n) is 2.75. The second-order valence-corrected chi connectivity index (χ2v) is 5.16. The highest BCUT2D eigenvalue weighted by Gasteiger charge is 2.26. The van der Waals surface area contributed by atoms with Crippen LogP contribution in [0.3, 0.4) is 0 Å². The lowest BCUT2D eigenvalue weighted by atomic mass is 9.84. The van der Waals surface area contributed by atoms with Crippen molar-refractivity contribution in [3.05, 3.63) is 0 Å². The fourth-order valence-corrected chi connectivity index (χ4v) is 2.75. The second-order valence-electron chi connectivity index (χ2n) is 5.16. The molecule has 2 aliphatic rings. The van der Waals surface area contributed by atoms with Crippen molar-refractivity contribution in [1.29, 1.82) is 0 Å². The van der Waals surface area contributed by atoms with Crippen molar-refractivity contribution in [1.82, 2.24) is 10.2 Å². The van der Waals surface area contributed by atoms with Crippen molar-refractivity contribution in [2.24, 2.45) is 11.7 Å². The van der Waals surface area contributed by atoms with Crippen LogP contribution in [0.25, 0.3) is 0 Å². The summed E-state index contributed by atoms with van der Waals surface area (Å²) in [6.07, 6.45) is 4.81. The number of hydrogen-bond acceptors (Lipinski definition) is 3. The molecular weight excluding hydrogens is 218 g/mol. The van der Waals surface area contributed by atoms with Gasteiger partial charge in [0.1, 0.15) is 0 Å². The lowest BCUT2D eigenvalue weighted by Crippen LogP contribution is -2.50. The van der Waals surface area contributed by atoms with Gasteiger partial charge >= 0.3 is 0 Å². The van der Waals surface area contributed by atoms with Crippen molar-refractivity contribution in [3.8, 4) is 0 Å². The van der Waals surface area contributed by atoms with Crippen LogP contribution in [-0.4, -0.2) is 42.4 Å². The smallest absolute Gasteiger partial charge is 0.239 e. The molecule has 0 radical (unpaired) electrons. The van der Waals surface area contributed by atoms with Crippen LogP contribution in [0.15, 0.2) is 0 Å². The Kier molecular flexibility index (Phi) is 3.99. The van der Waals surface area contributed by atoms with Crippen LogP contribution >= 0.6 is 0 Å². The maximum atomic E-state index is 12.0.